The largest absolute Gasteiger partial charge is 1.00 e. The first kappa shape index (κ1) is 26.5. The number of hydrogen-bond donors (Lipinski definition) is 1. The molecule has 3 atom stereocenters. The summed E-state index contributed by atoms with van der Waals surface area (Å²) in [7, 11) is -1.49. The molecule has 2 unspecified atom stereocenters. The van der Waals surface area contributed by atoms with Crippen LogP contribution in [0.4, 0.5) is 0 Å². The molecule has 2 aromatic rings. The summed E-state index contributed by atoms with van der Waals surface area (Å²) in [4.78, 5) is 37.9. The minimum Gasteiger partial charge on any atom is -0.543 e. The van der Waals surface area contributed by atoms with E-state index in [1.54, 1.807) is 17.5 Å². The first-order chi connectivity index (χ1) is 14.8. The van der Waals surface area contributed by atoms with Crippen LogP contribution in [0.15, 0.2) is 37.3 Å². The van der Waals surface area contributed by atoms with Gasteiger partial charge in [-0.2, -0.15) is 0 Å². The van der Waals surface area contributed by atoms with Crippen molar-refractivity contribution in [3.63, 3.8) is 0 Å². The Morgan fingerprint density at radius 1 is 1.41 bits per heavy atom. The van der Waals surface area contributed by atoms with Crippen LogP contribution >= 0.6 is 46.2 Å². The number of thioether (sulfide) groups is 2. The molecule has 164 valence electrons. The van der Waals surface area contributed by atoms with Gasteiger partial charge in [0.05, 0.1) is 26.7 Å². The molecule has 0 spiro atoms. The number of aromatic nitrogens is 2. The third kappa shape index (κ3) is 5.75. The number of amides is 2. The number of aryl methyl sites for hydroxylation is 1. The van der Waals surface area contributed by atoms with E-state index in [-0.39, 0.29) is 62.8 Å². The fourth-order valence-electron chi connectivity index (χ4n) is 3.07. The summed E-state index contributed by atoms with van der Waals surface area (Å²) >= 11 is 5.43. The van der Waals surface area contributed by atoms with Crippen molar-refractivity contribution >= 4 is 74.8 Å². The zero-order valence-electron chi connectivity index (χ0n) is 16.9. The number of fused-ring (bicyclic) bond motifs is 1. The second kappa shape index (κ2) is 11.6. The number of thiophene rings is 1. The molecule has 2 amide bonds. The zero-order chi connectivity index (χ0) is 22.1. The van der Waals surface area contributed by atoms with E-state index < -0.39 is 40.0 Å². The minimum atomic E-state index is -1.49. The summed E-state index contributed by atoms with van der Waals surface area (Å²) in [6.45, 7) is 1.83. The molecule has 1 saturated heterocycles. The van der Waals surface area contributed by atoms with E-state index in [2.05, 4.69) is 15.5 Å². The van der Waals surface area contributed by atoms with Crippen molar-refractivity contribution in [1.29, 1.82) is 0 Å². The number of hydrogen-bond acceptors (Lipinski definition) is 11. The average Bonchev–Trinajstić information content (AvgIpc) is 3.41. The van der Waals surface area contributed by atoms with E-state index in [1.807, 2.05) is 6.92 Å². The molecule has 1 N–H and O–H groups in total. The third-order valence-corrected chi connectivity index (χ3v) is 10.4. The van der Waals surface area contributed by atoms with Gasteiger partial charge in [-0.25, -0.2) is 0 Å². The number of aliphatic carboxylic acids is 1. The molecule has 2 aromatic heterocycles. The van der Waals surface area contributed by atoms with Crippen molar-refractivity contribution in [2.24, 2.45) is 0 Å². The van der Waals surface area contributed by atoms with Crippen LogP contribution in [0, 0.1) is 6.92 Å². The third-order valence-electron chi connectivity index (χ3n) is 4.42. The second-order valence-corrected chi connectivity index (χ2v) is 12.6. The normalized spacial score (nSPS) is 20.8. The number of β-lactam (4-membered cyclic amide) rings is 1. The molecule has 0 aliphatic carbocycles. The summed E-state index contributed by atoms with van der Waals surface area (Å²) in [6, 6.07) is 2.57. The van der Waals surface area contributed by atoms with Gasteiger partial charge in [-0.05, 0) is 23.9 Å². The number of carbonyl (C=O) groups excluding carboxylic acids is 3. The van der Waals surface area contributed by atoms with Gasteiger partial charge in [0.2, 0.25) is 5.91 Å². The number of carboxylic acids is 1. The molecule has 0 aromatic carbocycles. The number of carbonyl (C=O) groups is 3. The molecule has 1 fully saturated rings. The Labute approximate surface area is 245 Å². The predicted octanol–water partition coefficient (Wildman–Crippen LogP) is -2.78. The van der Waals surface area contributed by atoms with Gasteiger partial charge in [0, 0.05) is 11.5 Å². The smallest absolute Gasteiger partial charge is 0.543 e. The zero-order valence-corrected chi connectivity index (χ0v) is 24.1. The van der Waals surface area contributed by atoms with E-state index in [0.717, 1.165) is 5.01 Å². The van der Waals surface area contributed by atoms with Gasteiger partial charge >= 0.3 is 51.4 Å². The Balaban J connectivity index is 0.00000289. The molecule has 0 bridgehead atoms. The monoisotopic (exact) mass is 554 g/mol. The van der Waals surface area contributed by atoms with Crippen LogP contribution in [-0.4, -0.2) is 65.8 Å². The fraction of sp³-hybridized carbons (Fsp3) is 0.353. The molecule has 4 rings (SSSR count). The van der Waals surface area contributed by atoms with Crippen molar-refractivity contribution in [2.45, 2.75) is 26.9 Å². The average molecular weight is 555 g/mol. The minimum absolute atomic E-state index is 0. The maximum atomic E-state index is 12.7. The van der Waals surface area contributed by atoms with Crippen LogP contribution in [0.5, 0.6) is 0 Å². The quantitative estimate of drug-likeness (QED) is 0.209. The van der Waals surface area contributed by atoms with Crippen LogP contribution < -0.4 is 61.8 Å². The number of carboxylic acid groups (broad SMARTS) is 1. The topological polar surface area (TPSA) is 132 Å². The SMILES string of the molecule is Cc1nnc(SCC2=C(C(=O)[O-])N3C(=O)C(NC(=O)CS(=O)c4cccs4)[C@@H]3SC2)s1.[K+]. The van der Waals surface area contributed by atoms with Gasteiger partial charge in [-0.3, -0.25) is 18.7 Å². The summed E-state index contributed by atoms with van der Waals surface area (Å²) in [6.07, 6.45) is 0. The Morgan fingerprint density at radius 3 is 2.81 bits per heavy atom. The van der Waals surface area contributed by atoms with Crippen LogP contribution in [0.25, 0.3) is 0 Å². The van der Waals surface area contributed by atoms with Crippen molar-refractivity contribution in [2.75, 3.05) is 17.3 Å². The first-order valence-electron chi connectivity index (χ1n) is 8.87. The van der Waals surface area contributed by atoms with Crippen LogP contribution in [0.2, 0.25) is 0 Å². The second-order valence-electron chi connectivity index (χ2n) is 6.49. The van der Waals surface area contributed by atoms with E-state index in [0.29, 0.717) is 25.6 Å². The van der Waals surface area contributed by atoms with Gasteiger partial charge in [0.15, 0.2) is 4.34 Å². The Kier molecular flexibility index (Phi) is 9.57. The summed E-state index contributed by atoms with van der Waals surface area (Å²) < 4.78 is 13.5. The molecule has 2 aliphatic heterocycles. The standard InChI is InChI=1S/C17H16N4O5S5.K/c1-8-19-20-17(30-8)29-6-9-5-28-15-12(14(23)21(15)13(9)16(24)25)18-10(22)7-31(26)11-3-2-4-27-11;/h2-4,12,15H,5-7H2,1H3,(H,18,22)(H,24,25);/q;+1/p-1/t12?,15-,31?;/m0./s1. The first-order valence-corrected chi connectivity index (χ1v) is 13.9. The molecule has 0 radical (unpaired) electrons. The van der Waals surface area contributed by atoms with Crippen LogP contribution in [0.3, 0.4) is 0 Å². The predicted molar refractivity (Wildman–Crippen MR) is 118 cm³/mol. The Morgan fingerprint density at radius 2 is 2.19 bits per heavy atom. The van der Waals surface area contributed by atoms with Crippen LogP contribution in [-0.2, 0) is 25.2 Å². The van der Waals surface area contributed by atoms with E-state index >= 15 is 0 Å². The molecule has 32 heavy (non-hydrogen) atoms. The summed E-state index contributed by atoms with van der Waals surface area (Å²) in [5.41, 5.74) is 0.422. The maximum absolute atomic E-state index is 12.7. The molecular formula is C17H15KN4O5S5. The van der Waals surface area contributed by atoms with E-state index in [9.17, 15) is 23.7 Å². The number of nitrogens with zero attached hydrogens (tertiary/aromatic N) is 3. The molecule has 2 aliphatic rings. The van der Waals surface area contributed by atoms with Crippen molar-refractivity contribution in [1.82, 2.24) is 20.4 Å². The number of nitrogens with one attached hydrogen (secondary N) is 1. The van der Waals surface area contributed by atoms with Crippen molar-refractivity contribution in [3.05, 3.63) is 33.8 Å². The molecule has 15 heteroatoms. The van der Waals surface area contributed by atoms with Crippen molar-refractivity contribution < 1.29 is 75.1 Å². The number of rotatable bonds is 8. The Bertz CT molecular complexity index is 1090. The van der Waals surface area contributed by atoms with Gasteiger partial charge in [-0.15, -0.1) is 33.3 Å². The molecule has 4 heterocycles. The molecule has 9 nitrogen and oxygen atoms in total. The van der Waals surface area contributed by atoms with E-state index in [1.165, 1.54) is 51.1 Å². The summed E-state index contributed by atoms with van der Waals surface area (Å²) in [5.74, 6) is -1.98. The fourth-order valence-corrected chi connectivity index (χ4v) is 8.28. The molecular weight excluding hydrogens is 540 g/mol. The van der Waals surface area contributed by atoms with Gasteiger partial charge < -0.3 is 15.2 Å². The van der Waals surface area contributed by atoms with Crippen molar-refractivity contribution in [3.8, 4) is 0 Å². The van der Waals surface area contributed by atoms with Gasteiger partial charge in [-0.1, -0.05) is 29.2 Å². The maximum Gasteiger partial charge on any atom is 1.00 e. The van der Waals surface area contributed by atoms with Gasteiger partial charge in [0.25, 0.3) is 5.91 Å². The summed E-state index contributed by atoms with van der Waals surface area (Å²) in [5, 5.41) is 24.4. The van der Waals surface area contributed by atoms with E-state index in [4.69, 9.17) is 0 Å². The Hall–Kier alpha value is -0.104. The van der Waals surface area contributed by atoms with Crippen LogP contribution in [0.1, 0.15) is 5.01 Å². The van der Waals surface area contributed by atoms with Gasteiger partial charge in [0.1, 0.15) is 22.2 Å². The molecule has 0 saturated carbocycles.